The lowest BCUT2D eigenvalue weighted by atomic mass is 10.0. The van der Waals surface area contributed by atoms with E-state index in [-0.39, 0.29) is 11.8 Å². The van der Waals surface area contributed by atoms with Crippen molar-refractivity contribution in [2.75, 3.05) is 20.3 Å². The summed E-state index contributed by atoms with van der Waals surface area (Å²) in [6.45, 7) is 4.97. The van der Waals surface area contributed by atoms with Crippen LogP contribution in [0, 0.1) is 5.92 Å². The first-order chi connectivity index (χ1) is 11.5. The summed E-state index contributed by atoms with van der Waals surface area (Å²) < 4.78 is 4.54. The fourth-order valence-electron chi connectivity index (χ4n) is 2.29. The molecule has 0 aromatic heterocycles. The molecule has 6 nitrogen and oxygen atoms in total. The van der Waals surface area contributed by atoms with E-state index in [9.17, 15) is 9.59 Å². The van der Waals surface area contributed by atoms with Gasteiger partial charge in [0.05, 0.1) is 13.8 Å². The van der Waals surface area contributed by atoms with Crippen LogP contribution in [0.5, 0.6) is 0 Å². The molecule has 0 radical (unpaired) electrons. The summed E-state index contributed by atoms with van der Waals surface area (Å²) in [4.78, 5) is 23.4. The summed E-state index contributed by atoms with van der Waals surface area (Å²) in [5.41, 5.74) is 1.35. The Bertz CT molecular complexity index is 492. The van der Waals surface area contributed by atoms with Crippen LogP contribution in [0.1, 0.15) is 32.3 Å². The van der Waals surface area contributed by atoms with Gasteiger partial charge in [0.2, 0.25) is 5.91 Å². The Hall–Kier alpha value is -2.08. The highest BCUT2D eigenvalue weighted by Gasteiger charge is 2.23. The number of benzene rings is 1. The highest BCUT2D eigenvalue weighted by Crippen LogP contribution is 2.04. The van der Waals surface area contributed by atoms with Gasteiger partial charge in [-0.2, -0.15) is 0 Å². The van der Waals surface area contributed by atoms with Crippen molar-refractivity contribution >= 4 is 12.0 Å². The Morgan fingerprint density at radius 3 is 2.46 bits per heavy atom. The molecule has 24 heavy (non-hydrogen) atoms. The maximum absolute atomic E-state index is 12.1. The van der Waals surface area contributed by atoms with Crippen LogP contribution < -0.4 is 16.0 Å². The average molecular weight is 335 g/mol. The summed E-state index contributed by atoms with van der Waals surface area (Å²) in [6.07, 6.45) is 2.60. The first-order valence-corrected chi connectivity index (χ1v) is 8.41. The molecule has 0 bridgehead atoms. The summed E-state index contributed by atoms with van der Waals surface area (Å²) >= 11 is 0. The van der Waals surface area contributed by atoms with Crippen molar-refractivity contribution in [1.82, 2.24) is 16.0 Å². The van der Waals surface area contributed by atoms with Crippen molar-refractivity contribution in [3.05, 3.63) is 35.9 Å². The predicted molar refractivity (Wildman–Crippen MR) is 94.6 cm³/mol. The Balaban J connectivity index is 2.14. The average Bonchev–Trinajstić information content (AvgIpc) is 2.58. The molecular formula is C18H29N3O3. The second kappa shape index (κ2) is 11.5. The molecule has 3 N–H and O–H groups in total. The molecule has 0 fully saturated rings. The maximum Gasteiger partial charge on any atom is 0.407 e. The van der Waals surface area contributed by atoms with Crippen LogP contribution in [0.25, 0.3) is 0 Å². The zero-order chi connectivity index (χ0) is 17.8. The van der Waals surface area contributed by atoms with Gasteiger partial charge in [0.15, 0.2) is 0 Å². The van der Waals surface area contributed by atoms with E-state index in [1.165, 1.54) is 12.7 Å². The highest BCUT2D eigenvalue weighted by molar-refractivity contribution is 5.85. The second-order valence-corrected chi connectivity index (χ2v) is 6.02. The van der Waals surface area contributed by atoms with Crippen molar-refractivity contribution in [2.45, 2.75) is 39.2 Å². The minimum Gasteiger partial charge on any atom is -0.453 e. The molecule has 2 amide bonds. The first kappa shape index (κ1) is 20.0. The molecule has 1 aromatic rings. The van der Waals surface area contributed by atoms with Gasteiger partial charge in [0.25, 0.3) is 0 Å². The predicted octanol–water partition coefficient (Wildman–Crippen LogP) is 2.05. The third-order valence-electron chi connectivity index (χ3n) is 3.71. The molecule has 0 unspecified atom stereocenters. The lowest BCUT2D eigenvalue weighted by molar-refractivity contribution is -0.124. The molecule has 134 valence electrons. The molecule has 0 saturated carbocycles. The summed E-state index contributed by atoms with van der Waals surface area (Å²) in [5, 5.41) is 8.51. The standard InChI is InChI=1S/C18H29N3O3/c1-14(2)16(21-18(23)24-3)17(22)20-13-19-12-8-7-11-15-9-5-4-6-10-15/h4-6,9-10,14,16,19H,7-8,11-13H2,1-3H3,(H,20,22)(H,21,23)/t16-/m0/s1. The molecule has 0 aliphatic carbocycles. The van der Waals surface area contributed by atoms with Crippen LogP contribution in [0.3, 0.4) is 0 Å². The number of nitrogens with one attached hydrogen (secondary N) is 3. The van der Waals surface area contributed by atoms with Crippen LogP contribution in [-0.2, 0) is 16.0 Å². The summed E-state index contributed by atoms with van der Waals surface area (Å²) in [5.74, 6) is -0.234. The summed E-state index contributed by atoms with van der Waals surface area (Å²) in [7, 11) is 1.28. The van der Waals surface area contributed by atoms with Crippen LogP contribution in [0.4, 0.5) is 4.79 Å². The lowest BCUT2D eigenvalue weighted by Crippen LogP contribution is -2.51. The number of unbranched alkanes of at least 4 members (excludes halogenated alkanes) is 1. The molecule has 0 heterocycles. The number of alkyl carbamates (subject to hydrolysis) is 1. The third kappa shape index (κ3) is 7.97. The number of carbonyl (C=O) groups excluding carboxylic acids is 2. The van der Waals surface area contributed by atoms with Gasteiger partial charge in [0.1, 0.15) is 6.04 Å². The largest absolute Gasteiger partial charge is 0.453 e. The van der Waals surface area contributed by atoms with E-state index < -0.39 is 12.1 Å². The van der Waals surface area contributed by atoms with Crippen molar-refractivity contribution < 1.29 is 14.3 Å². The van der Waals surface area contributed by atoms with Crippen LogP contribution in [-0.4, -0.2) is 38.4 Å². The van der Waals surface area contributed by atoms with Gasteiger partial charge in [-0.05, 0) is 37.3 Å². The van der Waals surface area contributed by atoms with E-state index >= 15 is 0 Å². The number of rotatable bonds is 10. The number of hydrogen-bond acceptors (Lipinski definition) is 4. The summed E-state index contributed by atoms with van der Waals surface area (Å²) in [6, 6.07) is 9.79. The van der Waals surface area contributed by atoms with Crippen molar-refractivity contribution in [2.24, 2.45) is 5.92 Å². The Morgan fingerprint density at radius 1 is 1.12 bits per heavy atom. The molecular weight excluding hydrogens is 306 g/mol. The van der Waals surface area contributed by atoms with Crippen LogP contribution in [0.15, 0.2) is 30.3 Å². The van der Waals surface area contributed by atoms with Gasteiger partial charge in [0, 0.05) is 0 Å². The van der Waals surface area contributed by atoms with Gasteiger partial charge in [-0.1, -0.05) is 44.2 Å². The molecule has 0 aliphatic rings. The van der Waals surface area contributed by atoms with Crippen LogP contribution >= 0.6 is 0 Å². The van der Waals surface area contributed by atoms with Gasteiger partial charge in [-0.15, -0.1) is 0 Å². The number of methoxy groups -OCH3 is 1. The fourth-order valence-corrected chi connectivity index (χ4v) is 2.29. The number of hydrogen-bond donors (Lipinski definition) is 3. The highest BCUT2D eigenvalue weighted by atomic mass is 16.5. The molecule has 6 heteroatoms. The molecule has 1 atom stereocenters. The Morgan fingerprint density at radius 2 is 1.83 bits per heavy atom. The molecule has 0 spiro atoms. The molecule has 1 aromatic carbocycles. The number of aryl methyl sites for hydroxylation is 1. The van der Waals surface area contributed by atoms with Crippen molar-refractivity contribution in [3.63, 3.8) is 0 Å². The third-order valence-corrected chi connectivity index (χ3v) is 3.71. The van der Waals surface area contributed by atoms with Crippen LogP contribution in [0.2, 0.25) is 0 Å². The van der Waals surface area contributed by atoms with Gasteiger partial charge >= 0.3 is 6.09 Å². The minimum absolute atomic E-state index is 0.0185. The number of carbonyl (C=O) groups is 2. The van der Waals surface area contributed by atoms with Crippen molar-refractivity contribution in [3.8, 4) is 0 Å². The fraction of sp³-hybridized carbons (Fsp3) is 0.556. The van der Waals surface area contributed by atoms with E-state index in [2.05, 4.69) is 45.0 Å². The van der Waals surface area contributed by atoms with E-state index in [0.29, 0.717) is 6.67 Å². The Labute approximate surface area is 144 Å². The molecule has 1 rings (SSSR count). The number of ether oxygens (including phenoxy) is 1. The zero-order valence-electron chi connectivity index (χ0n) is 14.8. The second-order valence-electron chi connectivity index (χ2n) is 6.02. The van der Waals surface area contributed by atoms with E-state index in [4.69, 9.17) is 0 Å². The normalized spacial score (nSPS) is 11.8. The van der Waals surface area contributed by atoms with Gasteiger partial charge in [-0.25, -0.2) is 4.79 Å². The monoisotopic (exact) mass is 335 g/mol. The van der Waals surface area contributed by atoms with E-state index in [1.54, 1.807) is 0 Å². The molecule has 0 saturated heterocycles. The lowest BCUT2D eigenvalue weighted by Gasteiger charge is -2.21. The quantitative estimate of drug-likeness (QED) is 0.452. The van der Waals surface area contributed by atoms with Gasteiger partial charge in [-0.3, -0.25) is 10.1 Å². The molecule has 0 aliphatic heterocycles. The Kier molecular flexibility index (Phi) is 9.53. The number of amides is 2. The van der Waals surface area contributed by atoms with E-state index in [1.807, 2.05) is 19.9 Å². The smallest absolute Gasteiger partial charge is 0.407 e. The minimum atomic E-state index is -0.600. The van der Waals surface area contributed by atoms with E-state index in [0.717, 1.165) is 25.8 Å². The SMILES string of the molecule is COC(=O)N[C@H](C(=O)NCNCCCCc1ccccc1)C(C)C. The van der Waals surface area contributed by atoms with Crippen molar-refractivity contribution in [1.29, 1.82) is 0 Å². The first-order valence-electron chi connectivity index (χ1n) is 8.41. The maximum atomic E-state index is 12.1. The topological polar surface area (TPSA) is 79.5 Å². The van der Waals surface area contributed by atoms with Gasteiger partial charge < -0.3 is 15.4 Å². The zero-order valence-corrected chi connectivity index (χ0v) is 14.8.